The van der Waals surface area contributed by atoms with Gasteiger partial charge in [-0.1, -0.05) is 44.2 Å². The average molecular weight is 464 g/mol. The zero-order valence-corrected chi connectivity index (χ0v) is 19.4. The number of nitrogens with zero attached hydrogens (tertiary/aromatic N) is 3. The molecule has 0 N–H and O–H groups in total. The van der Waals surface area contributed by atoms with E-state index in [2.05, 4.69) is 0 Å². The third-order valence-electron chi connectivity index (χ3n) is 5.32. The van der Waals surface area contributed by atoms with Crippen molar-refractivity contribution in [3.05, 3.63) is 100.0 Å². The Morgan fingerprint density at radius 3 is 2.26 bits per heavy atom. The zero-order chi connectivity index (χ0) is 24.5. The summed E-state index contributed by atoms with van der Waals surface area (Å²) >= 11 is 0. The molecule has 1 aromatic heterocycles. The summed E-state index contributed by atoms with van der Waals surface area (Å²) in [7, 11) is 0. The second-order valence-corrected chi connectivity index (χ2v) is 8.51. The molecule has 0 spiro atoms. The van der Waals surface area contributed by atoms with Crippen molar-refractivity contribution in [1.82, 2.24) is 9.80 Å². The Hall–Kier alpha value is -3.94. The lowest BCUT2D eigenvalue weighted by Gasteiger charge is -2.28. The van der Waals surface area contributed by atoms with Crippen LogP contribution in [-0.4, -0.2) is 46.2 Å². The molecule has 0 unspecified atom stereocenters. The van der Waals surface area contributed by atoms with E-state index in [1.807, 2.05) is 50.2 Å². The van der Waals surface area contributed by atoms with Crippen molar-refractivity contribution >= 4 is 17.5 Å². The SMILES string of the molecule is CC(C)CN(CC(=O)N(CCc1ccccc1)Cc1ccco1)C(=O)c1ccc([N+](=O)[O-])cc1. The molecule has 0 bridgehead atoms. The molecule has 8 heteroatoms. The predicted octanol–water partition coefficient (Wildman–Crippen LogP) is 4.56. The van der Waals surface area contributed by atoms with Crippen molar-refractivity contribution in [1.29, 1.82) is 0 Å². The fourth-order valence-corrected chi connectivity index (χ4v) is 3.62. The first kappa shape index (κ1) is 24.7. The standard InChI is InChI=1S/C26H29N3O5/c1-20(2)17-28(26(31)22-10-12-23(13-11-22)29(32)33)19-25(30)27(18-24-9-6-16-34-24)15-14-21-7-4-3-5-8-21/h3-13,16,20H,14-15,17-19H2,1-2H3. The Bertz CT molecular complexity index is 1080. The third-order valence-corrected chi connectivity index (χ3v) is 5.32. The number of amides is 2. The number of benzene rings is 2. The van der Waals surface area contributed by atoms with Crippen LogP contribution in [0.15, 0.2) is 77.4 Å². The van der Waals surface area contributed by atoms with Gasteiger partial charge in [0.1, 0.15) is 12.3 Å². The van der Waals surface area contributed by atoms with Gasteiger partial charge in [-0.3, -0.25) is 19.7 Å². The molecule has 3 rings (SSSR count). The van der Waals surface area contributed by atoms with E-state index in [9.17, 15) is 19.7 Å². The van der Waals surface area contributed by atoms with Crippen LogP contribution in [0.1, 0.15) is 35.5 Å². The lowest BCUT2D eigenvalue weighted by Crippen LogP contribution is -2.44. The van der Waals surface area contributed by atoms with E-state index in [0.29, 0.717) is 37.4 Å². The Labute approximate surface area is 198 Å². The number of rotatable bonds is 11. The average Bonchev–Trinajstić information content (AvgIpc) is 3.34. The summed E-state index contributed by atoms with van der Waals surface area (Å²) in [6.07, 6.45) is 2.24. The van der Waals surface area contributed by atoms with Crippen LogP contribution in [0.2, 0.25) is 0 Å². The first-order valence-electron chi connectivity index (χ1n) is 11.2. The number of furan rings is 1. The Kier molecular flexibility index (Phi) is 8.56. The van der Waals surface area contributed by atoms with Gasteiger partial charge < -0.3 is 14.2 Å². The van der Waals surface area contributed by atoms with Crippen molar-refractivity contribution in [3.63, 3.8) is 0 Å². The van der Waals surface area contributed by atoms with Crippen LogP contribution in [0.25, 0.3) is 0 Å². The normalized spacial score (nSPS) is 10.8. The predicted molar refractivity (Wildman–Crippen MR) is 128 cm³/mol. The van der Waals surface area contributed by atoms with E-state index in [-0.39, 0.29) is 30.0 Å². The first-order chi connectivity index (χ1) is 16.3. The molecule has 1 heterocycles. The number of carbonyl (C=O) groups is 2. The Balaban J connectivity index is 1.76. The third kappa shape index (κ3) is 7.03. The van der Waals surface area contributed by atoms with E-state index in [1.165, 1.54) is 29.2 Å². The fourth-order valence-electron chi connectivity index (χ4n) is 3.62. The highest BCUT2D eigenvalue weighted by atomic mass is 16.6. The molecule has 8 nitrogen and oxygen atoms in total. The van der Waals surface area contributed by atoms with Crippen molar-refractivity contribution in [3.8, 4) is 0 Å². The largest absolute Gasteiger partial charge is 0.467 e. The monoisotopic (exact) mass is 463 g/mol. The minimum atomic E-state index is -0.511. The first-order valence-corrected chi connectivity index (χ1v) is 11.2. The maximum absolute atomic E-state index is 13.4. The number of nitro benzene ring substituents is 1. The minimum absolute atomic E-state index is 0.0893. The molecule has 0 saturated carbocycles. The molecular formula is C26H29N3O5. The molecule has 0 radical (unpaired) electrons. The number of nitro groups is 1. The van der Waals surface area contributed by atoms with E-state index in [0.717, 1.165) is 5.56 Å². The maximum Gasteiger partial charge on any atom is 0.269 e. The van der Waals surface area contributed by atoms with Crippen molar-refractivity contribution in [2.75, 3.05) is 19.6 Å². The maximum atomic E-state index is 13.4. The summed E-state index contributed by atoms with van der Waals surface area (Å²) in [6.45, 7) is 5.01. The summed E-state index contributed by atoms with van der Waals surface area (Å²) in [5, 5.41) is 10.9. The number of non-ortho nitro benzene ring substituents is 1. The minimum Gasteiger partial charge on any atom is -0.467 e. The van der Waals surface area contributed by atoms with Gasteiger partial charge in [0.25, 0.3) is 11.6 Å². The quantitative estimate of drug-likeness (QED) is 0.307. The Morgan fingerprint density at radius 1 is 0.971 bits per heavy atom. The van der Waals surface area contributed by atoms with Gasteiger partial charge in [0.15, 0.2) is 0 Å². The van der Waals surface area contributed by atoms with Gasteiger partial charge in [0.05, 0.1) is 17.7 Å². The molecule has 0 aliphatic heterocycles. The van der Waals surface area contributed by atoms with Crippen LogP contribution in [0.4, 0.5) is 5.69 Å². The van der Waals surface area contributed by atoms with E-state index >= 15 is 0 Å². The second-order valence-electron chi connectivity index (χ2n) is 8.51. The van der Waals surface area contributed by atoms with E-state index < -0.39 is 4.92 Å². The van der Waals surface area contributed by atoms with Gasteiger partial charge >= 0.3 is 0 Å². The van der Waals surface area contributed by atoms with Crippen LogP contribution in [-0.2, 0) is 17.8 Å². The molecule has 2 amide bonds. The molecule has 3 aromatic rings. The number of hydrogen-bond donors (Lipinski definition) is 0. The van der Waals surface area contributed by atoms with Gasteiger partial charge in [-0.2, -0.15) is 0 Å². The van der Waals surface area contributed by atoms with Gasteiger partial charge in [-0.25, -0.2) is 0 Å². The topological polar surface area (TPSA) is 96.9 Å². The molecule has 178 valence electrons. The summed E-state index contributed by atoms with van der Waals surface area (Å²) in [5.74, 6) is 0.275. The number of hydrogen-bond acceptors (Lipinski definition) is 5. The molecule has 0 aliphatic carbocycles. The lowest BCUT2D eigenvalue weighted by molar-refractivity contribution is -0.384. The summed E-state index contributed by atoms with van der Waals surface area (Å²) in [5.41, 5.74) is 1.33. The summed E-state index contributed by atoms with van der Waals surface area (Å²) < 4.78 is 5.45. The van der Waals surface area contributed by atoms with Gasteiger partial charge in [0, 0.05) is 30.8 Å². The van der Waals surface area contributed by atoms with E-state index in [1.54, 1.807) is 17.2 Å². The van der Waals surface area contributed by atoms with Crippen LogP contribution < -0.4 is 0 Å². The molecule has 34 heavy (non-hydrogen) atoms. The smallest absolute Gasteiger partial charge is 0.269 e. The molecule has 2 aromatic carbocycles. The highest BCUT2D eigenvalue weighted by Gasteiger charge is 2.24. The van der Waals surface area contributed by atoms with Gasteiger partial charge in [-0.05, 0) is 42.2 Å². The van der Waals surface area contributed by atoms with Crippen LogP contribution >= 0.6 is 0 Å². The Morgan fingerprint density at radius 2 is 1.68 bits per heavy atom. The number of carbonyl (C=O) groups excluding carboxylic acids is 2. The molecular weight excluding hydrogens is 434 g/mol. The molecule has 0 atom stereocenters. The van der Waals surface area contributed by atoms with Crippen molar-refractivity contribution in [2.24, 2.45) is 5.92 Å². The zero-order valence-electron chi connectivity index (χ0n) is 19.4. The highest BCUT2D eigenvalue weighted by Crippen LogP contribution is 2.16. The van der Waals surface area contributed by atoms with Gasteiger partial charge in [0.2, 0.25) is 5.91 Å². The van der Waals surface area contributed by atoms with Crippen LogP contribution in [0, 0.1) is 16.0 Å². The van der Waals surface area contributed by atoms with Crippen molar-refractivity contribution < 1.29 is 18.9 Å². The summed E-state index contributed by atoms with van der Waals surface area (Å²) in [6, 6.07) is 18.9. The van der Waals surface area contributed by atoms with Crippen LogP contribution in [0.3, 0.4) is 0 Å². The summed E-state index contributed by atoms with van der Waals surface area (Å²) in [4.78, 5) is 40.2. The van der Waals surface area contributed by atoms with Crippen molar-refractivity contribution in [2.45, 2.75) is 26.8 Å². The molecule has 0 aliphatic rings. The van der Waals surface area contributed by atoms with E-state index in [4.69, 9.17) is 4.42 Å². The molecule has 0 saturated heterocycles. The molecule has 0 fully saturated rings. The fraction of sp³-hybridized carbons (Fsp3) is 0.308. The van der Waals surface area contributed by atoms with Gasteiger partial charge in [-0.15, -0.1) is 0 Å². The second kappa shape index (κ2) is 11.8. The van der Waals surface area contributed by atoms with Crippen LogP contribution in [0.5, 0.6) is 0 Å². The highest BCUT2D eigenvalue weighted by molar-refractivity contribution is 5.96. The lowest BCUT2D eigenvalue weighted by atomic mass is 10.1.